The molecule has 0 aliphatic carbocycles. The Morgan fingerprint density at radius 1 is 1.22 bits per heavy atom. The molecule has 2 rings (SSSR count). The van der Waals surface area contributed by atoms with E-state index in [1.54, 1.807) is 5.06 Å². The molecular weight excluding hydrogens is 314 g/mol. The van der Waals surface area contributed by atoms with Crippen molar-refractivity contribution in [1.82, 2.24) is 5.06 Å². The molecule has 1 heterocycles. The van der Waals surface area contributed by atoms with Crippen LogP contribution in [0, 0.1) is 5.41 Å². The minimum atomic E-state index is -0.466. The quantitative estimate of drug-likeness (QED) is 0.816. The fourth-order valence-electron chi connectivity index (χ4n) is 2.34. The highest BCUT2D eigenvalue weighted by Crippen LogP contribution is 2.20. The normalized spacial score (nSPS) is 17.2. The lowest BCUT2D eigenvalue weighted by Crippen LogP contribution is -2.40. The zero-order valence-corrected chi connectivity index (χ0v) is 14.9. The molecule has 5 heteroatoms. The molecule has 4 nitrogen and oxygen atoms in total. The van der Waals surface area contributed by atoms with Gasteiger partial charge in [0.05, 0.1) is 18.1 Å². The van der Waals surface area contributed by atoms with Crippen LogP contribution in [0.1, 0.15) is 39.2 Å². The number of carbonyl (C=O) groups is 1. The van der Waals surface area contributed by atoms with Crippen LogP contribution in [0.15, 0.2) is 24.3 Å². The number of nitrogens with zero attached hydrogens (tertiary/aromatic N) is 1. The highest BCUT2D eigenvalue weighted by Gasteiger charge is 2.28. The largest absolute Gasteiger partial charge is 0.378 e. The number of piperidine rings is 1. The molecule has 1 aliphatic heterocycles. The Kier molecular flexibility index (Phi) is 6.45. The number of hydroxylamine groups is 2. The molecule has 0 bridgehead atoms. The summed E-state index contributed by atoms with van der Waals surface area (Å²) in [6.07, 6.45) is 2.90. The predicted octanol–water partition coefficient (Wildman–Crippen LogP) is 3.87. The number of ether oxygens (including phenoxy) is 1. The number of rotatable bonds is 5. The number of benzene rings is 1. The summed E-state index contributed by atoms with van der Waals surface area (Å²) >= 11 is 5.87. The van der Waals surface area contributed by atoms with Gasteiger partial charge in [0.15, 0.2) is 0 Å². The van der Waals surface area contributed by atoms with Gasteiger partial charge in [-0.25, -0.2) is 4.79 Å². The van der Waals surface area contributed by atoms with Crippen LogP contribution in [0.3, 0.4) is 0 Å². The monoisotopic (exact) mass is 339 g/mol. The third kappa shape index (κ3) is 6.13. The summed E-state index contributed by atoms with van der Waals surface area (Å²) in [7, 11) is 0. The van der Waals surface area contributed by atoms with Crippen molar-refractivity contribution >= 4 is 17.6 Å². The summed E-state index contributed by atoms with van der Waals surface area (Å²) < 4.78 is 5.94. The highest BCUT2D eigenvalue weighted by molar-refractivity contribution is 6.30. The molecule has 0 saturated carbocycles. The predicted molar refractivity (Wildman–Crippen MR) is 91.3 cm³/mol. The summed E-state index contributed by atoms with van der Waals surface area (Å²) in [6, 6.07) is 7.86. The fraction of sp³-hybridized carbons (Fsp3) is 0.611. The van der Waals surface area contributed by atoms with Gasteiger partial charge < -0.3 is 9.57 Å². The van der Waals surface area contributed by atoms with Crippen LogP contribution >= 0.6 is 11.6 Å². The molecule has 1 saturated heterocycles. The average Bonchev–Trinajstić information content (AvgIpc) is 2.50. The maximum atomic E-state index is 11.9. The van der Waals surface area contributed by atoms with Crippen LogP contribution in [-0.2, 0) is 20.8 Å². The molecule has 0 N–H and O–H groups in total. The third-order valence-corrected chi connectivity index (χ3v) is 4.13. The van der Waals surface area contributed by atoms with E-state index in [9.17, 15) is 4.79 Å². The summed E-state index contributed by atoms with van der Waals surface area (Å²) in [5.41, 5.74) is 0.761. The molecule has 1 aromatic carbocycles. The number of hydrogen-bond donors (Lipinski definition) is 0. The first kappa shape index (κ1) is 18.2. The zero-order valence-electron chi connectivity index (χ0n) is 14.2. The minimum Gasteiger partial charge on any atom is -0.378 e. The van der Waals surface area contributed by atoms with Crippen LogP contribution in [0.5, 0.6) is 0 Å². The van der Waals surface area contributed by atoms with E-state index in [4.69, 9.17) is 21.2 Å². The number of carbonyl (C=O) groups excluding carboxylic acids is 1. The molecule has 0 amide bonds. The van der Waals surface area contributed by atoms with Gasteiger partial charge in [0.1, 0.15) is 0 Å². The van der Waals surface area contributed by atoms with Gasteiger partial charge in [0.25, 0.3) is 0 Å². The molecule has 0 aromatic heterocycles. The van der Waals surface area contributed by atoms with E-state index >= 15 is 0 Å². The standard InChI is InChI=1S/C18H26ClNO3/c1-18(2,3)17(21)23-20-11-8-16(9-12-20)22-13-10-14-4-6-15(19)7-5-14/h4-7,16H,8-13H2,1-3H3. The van der Waals surface area contributed by atoms with Crippen molar-refractivity contribution in [2.24, 2.45) is 5.41 Å². The van der Waals surface area contributed by atoms with Crippen molar-refractivity contribution in [3.05, 3.63) is 34.9 Å². The summed E-state index contributed by atoms with van der Waals surface area (Å²) in [5, 5.41) is 2.51. The van der Waals surface area contributed by atoms with E-state index in [2.05, 4.69) is 0 Å². The topological polar surface area (TPSA) is 38.8 Å². The number of halogens is 1. The third-order valence-electron chi connectivity index (χ3n) is 3.88. The SMILES string of the molecule is CC(C)(C)C(=O)ON1CCC(OCCc2ccc(Cl)cc2)CC1. The maximum absolute atomic E-state index is 11.9. The van der Waals surface area contributed by atoms with Crippen LogP contribution in [0.2, 0.25) is 5.02 Å². The van der Waals surface area contributed by atoms with E-state index in [0.29, 0.717) is 6.61 Å². The molecule has 0 radical (unpaired) electrons. The molecule has 0 unspecified atom stereocenters. The molecule has 1 aliphatic rings. The second-order valence-corrected chi connectivity index (χ2v) is 7.44. The first-order chi connectivity index (χ1) is 10.8. The summed E-state index contributed by atoms with van der Waals surface area (Å²) in [4.78, 5) is 17.3. The smallest absolute Gasteiger partial charge is 0.330 e. The Bertz CT molecular complexity index is 502. The maximum Gasteiger partial charge on any atom is 0.330 e. The number of hydrogen-bond acceptors (Lipinski definition) is 4. The van der Waals surface area contributed by atoms with Crippen LogP contribution < -0.4 is 0 Å². The first-order valence-electron chi connectivity index (χ1n) is 8.18. The van der Waals surface area contributed by atoms with E-state index in [-0.39, 0.29) is 12.1 Å². The Labute approximate surface area is 143 Å². The van der Waals surface area contributed by atoms with Gasteiger partial charge in [-0.3, -0.25) is 0 Å². The summed E-state index contributed by atoms with van der Waals surface area (Å²) in [6.45, 7) is 7.75. The first-order valence-corrected chi connectivity index (χ1v) is 8.56. The molecule has 1 aromatic rings. The lowest BCUT2D eigenvalue weighted by molar-refractivity contribution is -0.209. The van der Waals surface area contributed by atoms with E-state index in [0.717, 1.165) is 37.4 Å². The molecule has 128 valence electrons. The second-order valence-electron chi connectivity index (χ2n) is 7.00. The Morgan fingerprint density at radius 2 is 1.83 bits per heavy atom. The zero-order chi connectivity index (χ0) is 16.9. The molecule has 0 atom stereocenters. The van der Waals surface area contributed by atoms with Crippen LogP contribution in [0.4, 0.5) is 0 Å². The molecule has 1 fully saturated rings. The Balaban J connectivity index is 1.65. The fourth-order valence-corrected chi connectivity index (χ4v) is 2.46. The summed E-state index contributed by atoms with van der Waals surface area (Å²) in [5.74, 6) is -0.181. The van der Waals surface area contributed by atoms with Crippen LogP contribution in [-0.4, -0.2) is 36.8 Å². The van der Waals surface area contributed by atoms with E-state index in [1.165, 1.54) is 5.56 Å². The molecule has 23 heavy (non-hydrogen) atoms. The van der Waals surface area contributed by atoms with Crippen LogP contribution in [0.25, 0.3) is 0 Å². The highest BCUT2D eigenvalue weighted by atomic mass is 35.5. The van der Waals surface area contributed by atoms with E-state index < -0.39 is 5.41 Å². The minimum absolute atomic E-state index is 0.181. The Morgan fingerprint density at radius 3 is 2.39 bits per heavy atom. The van der Waals surface area contributed by atoms with Gasteiger partial charge in [-0.05, 0) is 57.7 Å². The van der Waals surface area contributed by atoms with Gasteiger partial charge in [-0.1, -0.05) is 23.7 Å². The van der Waals surface area contributed by atoms with Gasteiger partial charge in [-0.2, -0.15) is 0 Å². The van der Waals surface area contributed by atoms with Gasteiger partial charge in [-0.15, -0.1) is 5.06 Å². The van der Waals surface area contributed by atoms with Crippen molar-refractivity contribution in [1.29, 1.82) is 0 Å². The van der Waals surface area contributed by atoms with E-state index in [1.807, 2.05) is 45.0 Å². The lowest BCUT2D eigenvalue weighted by Gasteiger charge is -2.32. The Hall–Kier alpha value is -1.10. The van der Waals surface area contributed by atoms with Crippen molar-refractivity contribution in [2.75, 3.05) is 19.7 Å². The van der Waals surface area contributed by atoms with Crippen molar-refractivity contribution in [3.8, 4) is 0 Å². The second kappa shape index (κ2) is 8.13. The molecular formula is C18H26ClNO3. The van der Waals surface area contributed by atoms with Crippen molar-refractivity contribution in [2.45, 2.75) is 46.1 Å². The average molecular weight is 340 g/mol. The molecule has 0 spiro atoms. The van der Waals surface area contributed by atoms with Crippen molar-refractivity contribution in [3.63, 3.8) is 0 Å². The van der Waals surface area contributed by atoms with Gasteiger partial charge in [0, 0.05) is 18.1 Å². The lowest BCUT2D eigenvalue weighted by atomic mass is 9.98. The van der Waals surface area contributed by atoms with Crippen molar-refractivity contribution < 1.29 is 14.4 Å². The van der Waals surface area contributed by atoms with Gasteiger partial charge in [0.2, 0.25) is 0 Å². The van der Waals surface area contributed by atoms with Gasteiger partial charge >= 0.3 is 5.97 Å².